The first-order chi connectivity index (χ1) is 17.8. The number of hydrogen-bond acceptors (Lipinski definition) is 7. The Morgan fingerprint density at radius 3 is 2.84 bits per heavy atom. The van der Waals surface area contributed by atoms with Crippen molar-refractivity contribution in [3.05, 3.63) is 54.9 Å². The Hall–Kier alpha value is -3.85. The van der Waals surface area contributed by atoms with E-state index in [1.54, 1.807) is 12.0 Å². The van der Waals surface area contributed by atoms with Gasteiger partial charge in [0.05, 0.1) is 35.4 Å². The van der Waals surface area contributed by atoms with Gasteiger partial charge in [-0.15, -0.1) is 0 Å². The fraction of sp³-hybridized carbons (Fsp3) is 0.393. The fourth-order valence-corrected chi connectivity index (χ4v) is 4.48. The van der Waals surface area contributed by atoms with E-state index in [-0.39, 0.29) is 12.1 Å². The largest absolute Gasteiger partial charge is 0.491 e. The monoisotopic (exact) mass is 503 g/mol. The Labute approximate surface area is 216 Å². The van der Waals surface area contributed by atoms with Gasteiger partial charge in [0.25, 0.3) is 0 Å². The number of methoxy groups -OCH3 is 1. The van der Waals surface area contributed by atoms with Crippen LogP contribution in [-0.4, -0.2) is 70.4 Å². The molecule has 4 heterocycles. The van der Waals surface area contributed by atoms with Gasteiger partial charge in [-0.05, 0) is 45.4 Å². The van der Waals surface area contributed by atoms with Gasteiger partial charge in [-0.25, -0.2) is 14.8 Å². The first kappa shape index (κ1) is 24.8. The number of likely N-dealkylation sites (tertiary alicyclic amines) is 1. The molecule has 1 amide bonds. The van der Waals surface area contributed by atoms with Crippen LogP contribution in [-0.2, 0) is 9.47 Å². The number of para-hydroxylation sites is 1. The highest BCUT2D eigenvalue weighted by Gasteiger charge is 2.30. The van der Waals surface area contributed by atoms with E-state index in [1.807, 2.05) is 67.9 Å². The molecular formula is C28H33N5O4. The molecule has 37 heavy (non-hydrogen) atoms. The van der Waals surface area contributed by atoms with Gasteiger partial charge in [0.2, 0.25) is 0 Å². The van der Waals surface area contributed by atoms with Gasteiger partial charge in [-0.2, -0.15) is 0 Å². The number of amides is 1. The summed E-state index contributed by atoms with van der Waals surface area (Å²) in [5, 5.41) is 4.65. The van der Waals surface area contributed by atoms with E-state index in [0.717, 1.165) is 45.8 Å². The molecule has 1 aromatic carbocycles. The number of nitrogens with zero attached hydrogens (tertiary/aromatic N) is 4. The number of carbonyl (C=O) groups excluding carboxylic acids is 1. The predicted octanol–water partition coefficient (Wildman–Crippen LogP) is 5.00. The second-order valence-corrected chi connectivity index (χ2v) is 10.2. The zero-order valence-electron chi connectivity index (χ0n) is 21.7. The molecule has 1 fully saturated rings. The summed E-state index contributed by atoms with van der Waals surface area (Å²) in [7, 11) is 1.65. The van der Waals surface area contributed by atoms with Crippen LogP contribution < -0.4 is 10.1 Å². The van der Waals surface area contributed by atoms with E-state index >= 15 is 0 Å². The summed E-state index contributed by atoms with van der Waals surface area (Å²) in [6, 6.07) is 14.1. The molecule has 0 radical (unpaired) electrons. The summed E-state index contributed by atoms with van der Waals surface area (Å²) in [5.41, 5.74) is 3.82. The van der Waals surface area contributed by atoms with E-state index < -0.39 is 5.60 Å². The molecule has 1 N–H and O–H groups in total. The van der Waals surface area contributed by atoms with Gasteiger partial charge in [0, 0.05) is 43.9 Å². The van der Waals surface area contributed by atoms with Crippen LogP contribution >= 0.6 is 0 Å². The van der Waals surface area contributed by atoms with E-state index in [1.165, 1.54) is 0 Å². The first-order valence-electron chi connectivity index (χ1n) is 12.5. The smallest absolute Gasteiger partial charge is 0.410 e. The number of ether oxygens (including phenoxy) is 3. The minimum atomic E-state index is -0.505. The maximum Gasteiger partial charge on any atom is 0.410 e. The predicted molar refractivity (Wildman–Crippen MR) is 143 cm³/mol. The van der Waals surface area contributed by atoms with Crippen LogP contribution in [0.2, 0.25) is 0 Å². The zero-order valence-corrected chi connectivity index (χ0v) is 21.7. The molecule has 9 nitrogen and oxygen atoms in total. The van der Waals surface area contributed by atoms with Gasteiger partial charge in [-0.3, -0.25) is 4.40 Å². The SMILES string of the molecule is COCCOc1ccn2c(-c3ccc4cccc(NC5CCN(C(=O)OC(C)(C)C)C5)c4n3)cnc2c1. The zero-order chi connectivity index (χ0) is 26.0. The number of pyridine rings is 2. The van der Waals surface area contributed by atoms with Crippen molar-refractivity contribution in [3.8, 4) is 17.1 Å². The minimum absolute atomic E-state index is 0.121. The highest BCUT2D eigenvalue weighted by molar-refractivity contribution is 5.92. The Kier molecular flexibility index (Phi) is 6.88. The quantitative estimate of drug-likeness (QED) is 0.355. The Bertz CT molecular complexity index is 1410. The van der Waals surface area contributed by atoms with Gasteiger partial charge >= 0.3 is 6.09 Å². The summed E-state index contributed by atoms with van der Waals surface area (Å²) in [6.07, 6.45) is 4.35. The van der Waals surface area contributed by atoms with Crippen molar-refractivity contribution in [2.45, 2.75) is 38.8 Å². The highest BCUT2D eigenvalue weighted by Crippen LogP contribution is 2.29. The molecule has 0 saturated carbocycles. The lowest BCUT2D eigenvalue weighted by Gasteiger charge is -2.24. The molecule has 3 aromatic heterocycles. The Balaban J connectivity index is 1.36. The molecule has 0 bridgehead atoms. The average Bonchev–Trinajstić information content (AvgIpc) is 3.50. The summed E-state index contributed by atoms with van der Waals surface area (Å²) < 4.78 is 18.3. The molecule has 0 spiro atoms. The molecular weight excluding hydrogens is 470 g/mol. The molecule has 1 unspecified atom stereocenters. The molecule has 1 aliphatic rings. The Morgan fingerprint density at radius 2 is 2.03 bits per heavy atom. The minimum Gasteiger partial charge on any atom is -0.491 e. The molecule has 194 valence electrons. The van der Waals surface area contributed by atoms with Crippen molar-refractivity contribution in [2.75, 3.05) is 38.7 Å². The third-order valence-corrected chi connectivity index (χ3v) is 6.22. The number of anilines is 1. The number of fused-ring (bicyclic) bond motifs is 2. The van der Waals surface area contributed by atoms with Crippen LogP contribution in [0.3, 0.4) is 0 Å². The van der Waals surface area contributed by atoms with E-state index in [0.29, 0.717) is 26.3 Å². The van der Waals surface area contributed by atoms with E-state index in [2.05, 4.69) is 22.4 Å². The lowest BCUT2D eigenvalue weighted by Crippen LogP contribution is -2.36. The standard InChI is InChI=1S/C28H33N5O4/c1-28(2,3)37-27(34)32-12-10-20(18-32)30-23-7-5-6-19-8-9-22(31-26(19)23)24-17-29-25-16-21(11-13-33(24)25)36-15-14-35-4/h5-9,11,13,16-17,20,30H,10,12,14-15,18H2,1-4H3. The number of rotatable bonds is 7. The van der Waals surface area contributed by atoms with Crippen molar-refractivity contribution in [1.29, 1.82) is 0 Å². The molecule has 4 aromatic rings. The topological polar surface area (TPSA) is 90.2 Å². The number of imidazole rings is 1. The molecule has 5 rings (SSSR count). The van der Waals surface area contributed by atoms with Crippen molar-refractivity contribution < 1.29 is 19.0 Å². The van der Waals surface area contributed by atoms with Crippen molar-refractivity contribution in [1.82, 2.24) is 19.3 Å². The molecule has 1 saturated heterocycles. The van der Waals surface area contributed by atoms with Crippen molar-refractivity contribution in [3.63, 3.8) is 0 Å². The van der Waals surface area contributed by atoms with Crippen LogP contribution in [0.15, 0.2) is 54.9 Å². The lowest BCUT2D eigenvalue weighted by molar-refractivity contribution is 0.0293. The van der Waals surface area contributed by atoms with Gasteiger partial charge in [0.1, 0.15) is 23.6 Å². The highest BCUT2D eigenvalue weighted by atomic mass is 16.6. The first-order valence-corrected chi connectivity index (χ1v) is 12.5. The number of hydrogen-bond donors (Lipinski definition) is 1. The van der Waals surface area contributed by atoms with E-state index in [9.17, 15) is 4.79 Å². The van der Waals surface area contributed by atoms with Gasteiger partial charge in [0.15, 0.2) is 0 Å². The molecule has 1 atom stereocenters. The molecule has 0 aliphatic carbocycles. The van der Waals surface area contributed by atoms with Gasteiger partial charge < -0.3 is 24.4 Å². The molecule has 9 heteroatoms. The summed E-state index contributed by atoms with van der Waals surface area (Å²) in [5.74, 6) is 0.747. The van der Waals surface area contributed by atoms with Crippen LogP contribution in [0.4, 0.5) is 10.5 Å². The lowest BCUT2D eigenvalue weighted by atomic mass is 10.1. The summed E-state index contributed by atoms with van der Waals surface area (Å²) in [6.45, 7) is 7.92. The average molecular weight is 504 g/mol. The van der Waals surface area contributed by atoms with Crippen LogP contribution in [0.25, 0.3) is 27.9 Å². The second kappa shape index (κ2) is 10.3. The number of aromatic nitrogens is 3. The van der Waals surface area contributed by atoms with Crippen LogP contribution in [0, 0.1) is 0 Å². The third-order valence-electron chi connectivity index (χ3n) is 6.22. The van der Waals surface area contributed by atoms with Crippen LogP contribution in [0.5, 0.6) is 5.75 Å². The van der Waals surface area contributed by atoms with E-state index in [4.69, 9.17) is 19.2 Å². The normalized spacial score (nSPS) is 15.9. The molecule has 1 aliphatic heterocycles. The number of benzene rings is 1. The summed E-state index contributed by atoms with van der Waals surface area (Å²) in [4.78, 5) is 23.8. The van der Waals surface area contributed by atoms with Crippen molar-refractivity contribution >= 4 is 28.3 Å². The van der Waals surface area contributed by atoms with Gasteiger partial charge in [-0.1, -0.05) is 18.2 Å². The number of nitrogens with one attached hydrogen (secondary N) is 1. The van der Waals surface area contributed by atoms with Crippen LogP contribution in [0.1, 0.15) is 27.2 Å². The maximum atomic E-state index is 12.5. The maximum absolute atomic E-state index is 12.5. The third kappa shape index (κ3) is 5.61. The second-order valence-electron chi connectivity index (χ2n) is 10.2. The Morgan fingerprint density at radius 1 is 1.16 bits per heavy atom. The summed E-state index contributed by atoms with van der Waals surface area (Å²) >= 11 is 0. The number of carbonyl (C=O) groups is 1. The fourth-order valence-electron chi connectivity index (χ4n) is 4.48. The van der Waals surface area contributed by atoms with Crippen molar-refractivity contribution in [2.24, 2.45) is 0 Å².